The highest BCUT2D eigenvalue weighted by Gasteiger charge is 2.44. The maximum atomic E-state index is 11.7. The summed E-state index contributed by atoms with van der Waals surface area (Å²) in [5.74, 6) is -1.21. The Morgan fingerprint density at radius 3 is 2.38 bits per heavy atom. The minimum absolute atomic E-state index is 0.179. The number of ether oxygens (including phenoxy) is 3. The smallest absolute Gasteiger partial charge is 0.408 e. The Morgan fingerprint density at radius 2 is 1.84 bits per heavy atom. The number of rotatable bonds is 11. The molecule has 12 nitrogen and oxygen atoms in total. The second-order valence-electron chi connectivity index (χ2n) is 8.27. The zero-order valence-corrected chi connectivity index (χ0v) is 19.5. The first kappa shape index (κ1) is 28.4. The van der Waals surface area contributed by atoms with Gasteiger partial charge in [0, 0.05) is 13.5 Å². The van der Waals surface area contributed by atoms with Gasteiger partial charge in [-0.1, -0.05) is 0 Å². The summed E-state index contributed by atoms with van der Waals surface area (Å²) in [6.07, 6.45) is -4.03. The number of hydrogen-bond donors (Lipinski definition) is 6. The molecule has 0 aromatic rings. The molecule has 1 fully saturated rings. The predicted molar refractivity (Wildman–Crippen MR) is 114 cm³/mol. The van der Waals surface area contributed by atoms with Crippen LogP contribution in [0.2, 0.25) is 0 Å². The largest absolute Gasteiger partial charge is 0.480 e. The molecule has 1 rings (SSSR count). The van der Waals surface area contributed by atoms with E-state index in [9.17, 15) is 34.8 Å². The molecule has 0 bridgehead atoms. The van der Waals surface area contributed by atoms with Crippen molar-refractivity contribution in [2.45, 2.75) is 75.5 Å². The lowest BCUT2D eigenvalue weighted by Crippen LogP contribution is -2.63. The summed E-state index contributed by atoms with van der Waals surface area (Å²) in [5, 5.41) is 43.6. The van der Waals surface area contributed by atoms with E-state index in [2.05, 4.69) is 10.6 Å². The third kappa shape index (κ3) is 9.88. The molecule has 32 heavy (non-hydrogen) atoms. The zero-order chi connectivity index (χ0) is 24.5. The Morgan fingerprint density at radius 1 is 1.19 bits per heavy atom. The standard InChI is InChI=1S/C19H34N2O10S/c1-10(23)20-13-15(25)14(24)12(8-22)30-17(13)32-7-5-6-29-9-11(16(26)27)21-18(28)31-19(2,3)4/h11-15,17,22,24-25H,5-9H2,1-4H3,(H,20,23)(H,21,28)(H,26,27)/t11-,12+,13+,14+,15+,17?/m0/s1. The highest BCUT2D eigenvalue weighted by Crippen LogP contribution is 2.29. The van der Waals surface area contributed by atoms with Crippen LogP contribution in [0.4, 0.5) is 4.79 Å². The van der Waals surface area contributed by atoms with Crippen molar-refractivity contribution in [1.82, 2.24) is 10.6 Å². The molecule has 0 aliphatic carbocycles. The molecular weight excluding hydrogens is 448 g/mol. The van der Waals surface area contributed by atoms with E-state index in [1.807, 2.05) is 0 Å². The molecule has 6 N–H and O–H groups in total. The van der Waals surface area contributed by atoms with Gasteiger partial charge in [0.2, 0.25) is 5.91 Å². The normalized spacial score (nSPS) is 26.8. The van der Waals surface area contributed by atoms with Crippen LogP contribution >= 0.6 is 11.8 Å². The second kappa shape index (κ2) is 13.2. The van der Waals surface area contributed by atoms with Crippen LogP contribution in [0.3, 0.4) is 0 Å². The van der Waals surface area contributed by atoms with Crippen molar-refractivity contribution in [1.29, 1.82) is 0 Å². The number of aliphatic hydroxyl groups is 3. The Kier molecular flexibility index (Phi) is 11.7. The highest BCUT2D eigenvalue weighted by atomic mass is 32.2. The van der Waals surface area contributed by atoms with Gasteiger partial charge >= 0.3 is 12.1 Å². The van der Waals surface area contributed by atoms with Gasteiger partial charge in [-0.2, -0.15) is 0 Å². The number of aliphatic hydroxyl groups excluding tert-OH is 3. The second-order valence-corrected chi connectivity index (χ2v) is 9.48. The zero-order valence-electron chi connectivity index (χ0n) is 18.6. The van der Waals surface area contributed by atoms with Crippen molar-refractivity contribution in [3.05, 3.63) is 0 Å². The molecule has 0 radical (unpaired) electrons. The number of thioether (sulfide) groups is 1. The highest BCUT2D eigenvalue weighted by molar-refractivity contribution is 7.99. The lowest BCUT2D eigenvalue weighted by molar-refractivity contribution is -0.173. The van der Waals surface area contributed by atoms with Crippen LogP contribution in [-0.2, 0) is 23.8 Å². The fourth-order valence-corrected chi connectivity index (χ4v) is 3.97. The average molecular weight is 483 g/mol. The SMILES string of the molecule is CC(=O)N[C@H]1C(SCCCOC[C@H](NC(=O)OC(C)(C)C)C(=O)O)O[C@H](CO)[C@@H](O)[C@@H]1O. The third-order valence-corrected chi connectivity index (χ3v) is 5.50. The van der Waals surface area contributed by atoms with E-state index in [1.54, 1.807) is 20.8 Å². The molecule has 186 valence electrons. The Balaban J connectivity index is 2.45. The summed E-state index contributed by atoms with van der Waals surface area (Å²) >= 11 is 1.25. The molecule has 1 unspecified atom stereocenters. The number of carbonyl (C=O) groups is 3. The van der Waals surface area contributed by atoms with Gasteiger partial charge in [0.25, 0.3) is 0 Å². The van der Waals surface area contributed by atoms with E-state index in [-0.39, 0.29) is 13.2 Å². The summed E-state index contributed by atoms with van der Waals surface area (Å²) in [6, 6.07) is -2.14. The summed E-state index contributed by atoms with van der Waals surface area (Å²) in [5.41, 5.74) is -1.48. The third-order valence-electron chi connectivity index (χ3n) is 4.24. The molecule has 1 aliphatic heterocycles. The van der Waals surface area contributed by atoms with E-state index < -0.39 is 66.0 Å². The van der Waals surface area contributed by atoms with Crippen molar-refractivity contribution in [2.75, 3.05) is 25.6 Å². The summed E-state index contributed by atoms with van der Waals surface area (Å²) in [6.45, 7) is 5.68. The van der Waals surface area contributed by atoms with E-state index in [0.29, 0.717) is 12.2 Å². The van der Waals surface area contributed by atoms with Gasteiger partial charge in [-0.3, -0.25) is 4.79 Å². The van der Waals surface area contributed by atoms with Crippen molar-refractivity contribution in [3.63, 3.8) is 0 Å². The number of carboxylic acid groups (broad SMARTS) is 1. The number of nitrogens with one attached hydrogen (secondary N) is 2. The van der Waals surface area contributed by atoms with Gasteiger partial charge in [0.1, 0.15) is 29.3 Å². The molecule has 2 amide bonds. The van der Waals surface area contributed by atoms with Crippen LogP contribution in [0.25, 0.3) is 0 Å². The first-order valence-electron chi connectivity index (χ1n) is 10.2. The van der Waals surface area contributed by atoms with Crippen LogP contribution in [0, 0.1) is 0 Å². The minimum atomic E-state index is -1.34. The molecule has 13 heteroatoms. The lowest BCUT2D eigenvalue weighted by Gasteiger charge is -2.42. The minimum Gasteiger partial charge on any atom is -0.480 e. The van der Waals surface area contributed by atoms with Gasteiger partial charge in [0.15, 0.2) is 6.04 Å². The van der Waals surface area contributed by atoms with Gasteiger partial charge in [-0.05, 0) is 32.9 Å². The van der Waals surface area contributed by atoms with Crippen molar-refractivity contribution >= 4 is 29.7 Å². The number of aliphatic carboxylic acids is 1. The summed E-state index contributed by atoms with van der Waals surface area (Å²) < 4.78 is 16.0. The van der Waals surface area contributed by atoms with Gasteiger partial charge in [-0.25, -0.2) is 9.59 Å². The van der Waals surface area contributed by atoms with Crippen LogP contribution in [0.5, 0.6) is 0 Å². The van der Waals surface area contributed by atoms with Crippen LogP contribution in [0.1, 0.15) is 34.1 Å². The maximum Gasteiger partial charge on any atom is 0.408 e. The molecule has 0 aromatic heterocycles. The fourth-order valence-electron chi connectivity index (χ4n) is 2.80. The lowest BCUT2D eigenvalue weighted by atomic mass is 9.98. The average Bonchev–Trinajstić information content (AvgIpc) is 2.66. The van der Waals surface area contributed by atoms with E-state index in [4.69, 9.17) is 14.2 Å². The van der Waals surface area contributed by atoms with Crippen LogP contribution in [-0.4, -0.2) is 105 Å². The Bertz CT molecular complexity index is 630. The molecule has 1 aliphatic rings. The molecule has 1 heterocycles. The number of alkyl carbamates (subject to hydrolysis) is 1. The number of amides is 2. The first-order valence-corrected chi connectivity index (χ1v) is 11.2. The van der Waals surface area contributed by atoms with Gasteiger partial charge in [-0.15, -0.1) is 11.8 Å². The summed E-state index contributed by atoms with van der Waals surface area (Å²) in [4.78, 5) is 34.5. The number of hydrogen-bond acceptors (Lipinski definition) is 10. The molecule has 0 aromatic carbocycles. The van der Waals surface area contributed by atoms with E-state index >= 15 is 0 Å². The molecular formula is C19H34N2O10S. The van der Waals surface area contributed by atoms with Crippen molar-refractivity contribution < 1.29 is 49.0 Å². The molecule has 0 saturated carbocycles. The topological polar surface area (TPSA) is 184 Å². The fraction of sp³-hybridized carbons (Fsp3) is 0.842. The summed E-state index contributed by atoms with van der Waals surface area (Å²) in [7, 11) is 0. The number of carbonyl (C=O) groups excluding carboxylic acids is 2. The van der Waals surface area contributed by atoms with Crippen LogP contribution < -0.4 is 10.6 Å². The maximum absolute atomic E-state index is 11.7. The Labute approximate surface area is 191 Å². The molecule has 6 atom stereocenters. The Hall–Kier alpha value is -1.64. The first-order chi connectivity index (χ1) is 14.9. The predicted octanol–water partition coefficient (Wildman–Crippen LogP) is -0.952. The van der Waals surface area contributed by atoms with E-state index in [0.717, 1.165) is 0 Å². The van der Waals surface area contributed by atoms with Crippen molar-refractivity contribution in [3.8, 4) is 0 Å². The quantitative estimate of drug-likeness (QED) is 0.200. The van der Waals surface area contributed by atoms with Crippen LogP contribution in [0.15, 0.2) is 0 Å². The van der Waals surface area contributed by atoms with E-state index in [1.165, 1.54) is 18.7 Å². The number of carboxylic acids is 1. The van der Waals surface area contributed by atoms with Crippen molar-refractivity contribution in [2.24, 2.45) is 0 Å². The van der Waals surface area contributed by atoms with Gasteiger partial charge < -0.3 is 45.3 Å². The monoisotopic (exact) mass is 482 g/mol. The van der Waals surface area contributed by atoms with Gasteiger partial charge in [0.05, 0.1) is 19.3 Å². The molecule has 0 spiro atoms. The molecule has 1 saturated heterocycles.